The van der Waals surface area contributed by atoms with E-state index in [1.165, 1.54) is 12.8 Å². The van der Waals surface area contributed by atoms with E-state index in [9.17, 15) is 4.79 Å². The van der Waals surface area contributed by atoms with E-state index >= 15 is 0 Å². The summed E-state index contributed by atoms with van der Waals surface area (Å²) in [4.78, 5) is 14.3. The van der Waals surface area contributed by atoms with E-state index in [0.717, 1.165) is 13.1 Å². The summed E-state index contributed by atoms with van der Waals surface area (Å²) in [6.45, 7) is 3.85. The lowest BCUT2D eigenvalue weighted by Gasteiger charge is -2.19. The fourth-order valence-electron chi connectivity index (χ4n) is 2.20. The van der Waals surface area contributed by atoms with Crippen LogP contribution in [0.3, 0.4) is 0 Å². The fourth-order valence-corrected chi connectivity index (χ4v) is 2.80. The minimum Gasteiger partial charge on any atom is -0.399 e. The summed E-state index contributed by atoms with van der Waals surface area (Å²) in [7, 11) is 0. The molecule has 1 saturated carbocycles. The quantitative estimate of drug-likeness (QED) is 0.791. The van der Waals surface area contributed by atoms with Gasteiger partial charge in [0.1, 0.15) is 0 Å². The Morgan fingerprint density at radius 3 is 2.50 bits per heavy atom. The first-order valence-corrected chi connectivity index (χ1v) is 7.55. The lowest BCUT2D eigenvalue weighted by Crippen LogP contribution is -2.29. The molecule has 6 heteroatoms. The molecule has 0 saturated heterocycles. The van der Waals surface area contributed by atoms with Crippen molar-refractivity contribution >= 4 is 40.5 Å². The lowest BCUT2D eigenvalue weighted by atomic mass is 10.2. The third kappa shape index (κ3) is 4.01. The van der Waals surface area contributed by atoms with Crippen molar-refractivity contribution in [1.82, 2.24) is 4.90 Å². The molecule has 1 aromatic rings. The zero-order chi connectivity index (χ0) is 14.7. The normalized spacial score (nSPS) is 14.6. The van der Waals surface area contributed by atoms with Crippen molar-refractivity contribution < 1.29 is 4.79 Å². The SMILES string of the molecule is CCN(CCC(=O)Nc1c(Cl)cc(N)cc1Cl)C1CC1. The maximum absolute atomic E-state index is 12.0. The molecule has 1 aromatic carbocycles. The third-order valence-corrected chi connectivity index (χ3v) is 4.02. The molecule has 1 aliphatic carbocycles. The maximum Gasteiger partial charge on any atom is 0.225 e. The van der Waals surface area contributed by atoms with Crippen LogP contribution >= 0.6 is 23.2 Å². The summed E-state index contributed by atoms with van der Waals surface area (Å²) >= 11 is 12.1. The smallest absolute Gasteiger partial charge is 0.225 e. The summed E-state index contributed by atoms with van der Waals surface area (Å²) in [5.74, 6) is -0.0855. The Morgan fingerprint density at radius 1 is 1.40 bits per heavy atom. The van der Waals surface area contributed by atoms with Crippen LogP contribution in [0.15, 0.2) is 12.1 Å². The zero-order valence-electron chi connectivity index (χ0n) is 11.5. The van der Waals surface area contributed by atoms with Crippen LogP contribution in [0, 0.1) is 0 Å². The van der Waals surface area contributed by atoms with E-state index < -0.39 is 0 Å². The Morgan fingerprint density at radius 2 is 2.00 bits per heavy atom. The second-order valence-corrected chi connectivity index (χ2v) is 5.83. The number of hydrogen-bond donors (Lipinski definition) is 2. The van der Waals surface area contributed by atoms with Crippen LogP contribution in [0.1, 0.15) is 26.2 Å². The number of anilines is 2. The van der Waals surface area contributed by atoms with Gasteiger partial charge in [-0.15, -0.1) is 0 Å². The van der Waals surface area contributed by atoms with Crippen molar-refractivity contribution in [3.63, 3.8) is 0 Å². The number of rotatable bonds is 6. The predicted molar refractivity (Wildman–Crippen MR) is 84.4 cm³/mol. The van der Waals surface area contributed by atoms with Crippen LogP contribution in [0.2, 0.25) is 10.0 Å². The zero-order valence-corrected chi connectivity index (χ0v) is 13.0. The van der Waals surface area contributed by atoms with Crippen molar-refractivity contribution in [1.29, 1.82) is 0 Å². The predicted octanol–water partition coefficient (Wildman–Crippen LogP) is 3.39. The number of nitrogens with one attached hydrogen (secondary N) is 1. The number of amides is 1. The van der Waals surface area contributed by atoms with Gasteiger partial charge in [-0.05, 0) is 31.5 Å². The molecule has 20 heavy (non-hydrogen) atoms. The Kier molecular flexibility index (Phi) is 5.13. The van der Waals surface area contributed by atoms with E-state index in [1.54, 1.807) is 12.1 Å². The van der Waals surface area contributed by atoms with E-state index in [2.05, 4.69) is 17.1 Å². The first-order valence-electron chi connectivity index (χ1n) is 6.79. The Bertz CT molecular complexity index is 480. The van der Waals surface area contributed by atoms with Gasteiger partial charge in [0.25, 0.3) is 0 Å². The molecular formula is C14H19Cl2N3O. The topological polar surface area (TPSA) is 58.4 Å². The number of hydrogen-bond acceptors (Lipinski definition) is 3. The molecule has 0 atom stereocenters. The molecule has 0 unspecified atom stereocenters. The second kappa shape index (κ2) is 6.66. The van der Waals surface area contributed by atoms with Crippen LogP contribution < -0.4 is 11.1 Å². The molecule has 110 valence electrons. The van der Waals surface area contributed by atoms with Crippen molar-refractivity contribution in [3.05, 3.63) is 22.2 Å². The average molecular weight is 316 g/mol. The molecule has 0 aromatic heterocycles. The third-order valence-electron chi connectivity index (χ3n) is 3.42. The van der Waals surface area contributed by atoms with Gasteiger partial charge in [0, 0.05) is 24.7 Å². The monoisotopic (exact) mass is 315 g/mol. The molecular weight excluding hydrogens is 297 g/mol. The number of nitrogens with zero attached hydrogens (tertiary/aromatic N) is 1. The highest BCUT2D eigenvalue weighted by Crippen LogP contribution is 2.33. The number of nitrogen functional groups attached to an aromatic ring is 1. The first-order chi connectivity index (χ1) is 9.51. The summed E-state index contributed by atoms with van der Waals surface area (Å²) in [5, 5.41) is 3.48. The summed E-state index contributed by atoms with van der Waals surface area (Å²) < 4.78 is 0. The highest BCUT2D eigenvalue weighted by Gasteiger charge is 2.27. The number of benzene rings is 1. The van der Waals surface area contributed by atoms with Gasteiger partial charge < -0.3 is 16.0 Å². The second-order valence-electron chi connectivity index (χ2n) is 5.02. The molecule has 1 fully saturated rings. The van der Waals surface area contributed by atoms with E-state index in [-0.39, 0.29) is 5.91 Å². The molecule has 0 radical (unpaired) electrons. The summed E-state index contributed by atoms with van der Waals surface area (Å²) in [6.07, 6.45) is 2.91. The Labute approximate surface area is 129 Å². The van der Waals surface area contributed by atoms with E-state index in [0.29, 0.717) is 33.9 Å². The molecule has 3 N–H and O–H groups in total. The number of carbonyl (C=O) groups excluding carboxylic acids is 1. The van der Waals surface area contributed by atoms with Crippen molar-refractivity contribution in [3.8, 4) is 0 Å². The van der Waals surface area contributed by atoms with Gasteiger partial charge in [-0.2, -0.15) is 0 Å². The molecule has 0 bridgehead atoms. The number of carbonyl (C=O) groups is 1. The summed E-state index contributed by atoms with van der Waals surface area (Å²) in [5.41, 5.74) is 6.54. The minimum atomic E-state index is -0.0855. The van der Waals surface area contributed by atoms with Crippen LogP contribution in [0.25, 0.3) is 0 Å². The van der Waals surface area contributed by atoms with Crippen LogP contribution in [0.5, 0.6) is 0 Å². The van der Waals surface area contributed by atoms with Crippen LogP contribution in [-0.4, -0.2) is 29.9 Å². The molecule has 1 aliphatic rings. The van der Waals surface area contributed by atoms with Gasteiger partial charge in [-0.3, -0.25) is 4.79 Å². The molecule has 4 nitrogen and oxygen atoms in total. The number of nitrogens with two attached hydrogens (primary N) is 1. The Hall–Kier alpha value is -0.970. The fraction of sp³-hybridized carbons (Fsp3) is 0.500. The Balaban J connectivity index is 1.91. The van der Waals surface area contributed by atoms with Gasteiger partial charge in [0.15, 0.2) is 0 Å². The molecule has 2 rings (SSSR count). The largest absolute Gasteiger partial charge is 0.399 e. The molecule has 1 amide bonds. The summed E-state index contributed by atoms with van der Waals surface area (Å²) in [6, 6.07) is 3.81. The van der Waals surface area contributed by atoms with Gasteiger partial charge in [0.05, 0.1) is 15.7 Å². The highest BCUT2D eigenvalue weighted by molar-refractivity contribution is 6.40. The van der Waals surface area contributed by atoms with Gasteiger partial charge in [-0.1, -0.05) is 30.1 Å². The average Bonchev–Trinajstić information content (AvgIpc) is 3.19. The molecule has 0 heterocycles. The number of halogens is 2. The van der Waals surface area contributed by atoms with E-state index in [4.69, 9.17) is 28.9 Å². The maximum atomic E-state index is 12.0. The van der Waals surface area contributed by atoms with Gasteiger partial charge in [-0.25, -0.2) is 0 Å². The van der Waals surface area contributed by atoms with Crippen molar-refractivity contribution in [2.45, 2.75) is 32.2 Å². The minimum absolute atomic E-state index is 0.0855. The van der Waals surface area contributed by atoms with Gasteiger partial charge >= 0.3 is 0 Å². The highest BCUT2D eigenvalue weighted by atomic mass is 35.5. The van der Waals surface area contributed by atoms with Gasteiger partial charge in [0.2, 0.25) is 5.91 Å². The molecule has 0 aliphatic heterocycles. The van der Waals surface area contributed by atoms with E-state index in [1.807, 2.05) is 0 Å². The van der Waals surface area contributed by atoms with Crippen molar-refractivity contribution in [2.24, 2.45) is 0 Å². The molecule has 0 spiro atoms. The van der Waals surface area contributed by atoms with Crippen LogP contribution in [-0.2, 0) is 4.79 Å². The lowest BCUT2D eigenvalue weighted by molar-refractivity contribution is -0.116. The standard InChI is InChI=1S/C14H19Cl2N3O/c1-2-19(10-3-4-10)6-5-13(20)18-14-11(15)7-9(17)8-12(14)16/h7-8,10H,2-6,17H2,1H3,(H,18,20). The van der Waals surface area contributed by atoms with Crippen molar-refractivity contribution in [2.75, 3.05) is 24.1 Å². The van der Waals surface area contributed by atoms with Crippen LogP contribution in [0.4, 0.5) is 11.4 Å². The first kappa shape index (κ1) is 15.4.